The second-order valence-electron chi connectivity index (χ2n) is 5.73. The standard InChI is InChI=1S/C18H16BrNO3/c1-11-20-18(10-23-11)15-5-4-14(21-2)7-12(15)9-22-17-6-3-13(19)8-16(17)18/h3-8H,9-10H2,1-2H3. The van der Waals surface area contributed by atoms with Crippen LogP contribution in [0.4, 0.5) is 0 Å². The van der Waals surface area contributed by atoms with Gasteiger partial charge in [-0.2, -0.15) is 0 Å². The first-order valence-corrected chi connectivity index (χ1v) is 8.21. The van der Waals surface area contributed by atoms with Crippen molar-refractivity contribution in [3.05, 3.63) is 57.6 Å². The zero-order valence-corrected chi connectivity index (χ0v) is 14.5. The molecule has 1 unspecified atom stereocenters. The van der Waals surface area contributed by atoms with Gasteiger partial charge in [-0.25, -0.2) is 4.99 Å². The van der Waals surface area contributed by atoms with E-state index in [0.29, 0.717) is 19.1 Å². The van der Waals surface area contributed by atoms with Crippen molar-refractivity contribution in [3.63, 3.8) is 0 Å². The van der Waals surface area contributed by atoms with Gasteiger partial charge in [0.2, 0.25) is 0 Å². The van der Waals surface area contributed by atoms with E-state index in [1.807, 2.05) is 31.2 Å². The highest BCUT2D eigenvalue weighted by molar-refractivity contribution is 9.10. The van der Waals surface area contributed by atoms with Gasteiger partial charge in [-0.05, 0) is 41.5 Å². The Bertz CT molecular complexity index is 818. The summed E-state index contributed by atoms with van der Waals surface area (Å²) in [6, 6.07) is 12.1. The van der Waals surface area contributed by atoms with Crippen LogP contribution in [0.25, 0.3) is 0 Å². The smallest absolute Gasteiger partial charge is 0.181 e. The van der Waals surface area contributed by atoms with E-state index in [-0.39, 0.29) is 0 Å². The summed E-state index contributed by atoms with van der Waals surface area (Å²) >= 11 is 3.56. The molecule has 2 aliphatic heterocycles. The van der Waals surface area contributed by atoms with Gasteiger partial charge >= 0.3 is 0 Å². The molecule has 2 heterocycles. The predicted molar refractivity (Wildman–Crippen MR) is 91.3 cm³/mol. The average molecular weight is 374 g/mol. The van der Waals surface area contributed by atoms with Crippen molar-refractivity contribution in [3.8, 4) is 11.5 Å². The van der Waals surface area contributed by atoms with Crippen LogP contribution >= 0.6 is 15.9 Å². The monoisotopic (exact) mass is 373 g/mol. The number of hydrogen-bond acceptors (Lipinski definition) is 4. The second kappa shape index (κ2) is 5.27. The van der Waals surface area contributed by atoms with Crippen LogP contribution in [0.3, 0.4) is 0 Å². The van der Waals surface area contributed by atoms with Crippen molar-refractivity contribution in [2.45, 2.75) is 19.1 Å². The number of ether oxygens (including phenoxy) is 3. The Morgan fingerprint density at radius 3 is 2.74 bits per heavy atom. The molecule has 0 aromatic heterocycles. The van der Waals surface area contributed by atoms with Crippen LogP contribution in [0.2, 0.25) is 0 Å². The first kappa shape index (κ1) is 14.6. The molecule has 0 aliphatic carbocycles. The molecule has 4 nitrogen and oxygen atoms in total. The summed E-state index contributed by atoms with van der Waals surface area (Å²) in [6.45, 7) is 2.85. The highest BCUT2D eigenvalue weighted by atomic mass is 79.9. The number of hydrogen-bond donors (Lipinski definition) is 0. The lowest BCUT2D eigenvalue weighted by Crippen LogP contribution is -2.27. The molecule has 0 N–H and O–H groups in total. The predicted octanol–water partition coefficient (Wildman–Crippen LogP) is 4.04. The van der Waals surface area contributed by atoms with E-state index in [1.165, 1.54) is 0 Å². The summed E-state index contributed by atoms with van der Waals surface area (Å²) < 4.78 is 18.2. The maximum Gasteiger partial charge on any atom is 0.181 e. The third-order valence-electron chi connectivity index (χ3n) is 4.37. The molecule has 1 spiro atoms. The molecule has 0 amide bonds. The Balaban J connectivity index is 2.01. The van der Waals surface area contributed by atoms with Gasteiger partial charge in [-0.1, -0.05) is 22.0 Å². The van der Waals surface area contributed by atoms with Crippen molar-refractivity contribution < 1.29 is 14.2 Å². The van der Waals surface area contributed by atoms with Crippen LogP contribution in [0.5, 0.6) is 11.5 Å². The molecular formula is C18H16BrNO3. The number of aliphatic imine (C=N–C) groups is 1. The molecule has 118 valence electrons. The van der Waals surface area contributed by atoms with Crippen LogP contribution < -0.4 is 9.47 Å². The van der Waals surface area contributed by atoms with Crippen LogP contribution in [0.1, 0.15) is 23.6 Å². The van der Waals surface area contributed by atoms with Crippen molar-refractivity contribution >= 4 is 21.8 Å². The van der Waals surface area contributed by atoms with E-state index in [2.05, 4.69) is 28.1 Å². The van der Waals surface area contributed by atoms with Gasteiger partial charge in [0.1, 0.15) is 24.7 Å². The quantitative estimate of drug-likeness (QED) is 0.757. The second-order valence-corrected chi connectivity index (χ2v) is 6.65. The first-order valence-electron chi connectivity index (χ1n) is 7.42. The average Bonchev–Trinajstić information content (AvgIpc) is 2.90. The zero-order valence-electron chi connectivity index (χ0n) is 12.9. The first-order chi connectivity index (χ1) is 11.1. The number of rotatable bonds is 1. The zero-order chi connectivity index (χ0) is 16.0. The number of nitrogens with zero attached hydrogens (tertiary/aromatic N) is 1. The van der Waals surface area contributed by atoms with E-state index >= 15 is 0 Å². The van der Waals surface area contributed by atoms with E-state index in [0.717, 1.165) is 32.7 Å². The number of methoxy groups -OCH3 is 1. The Morgan fingerprint density at radius 2 is 2.00 bits per heavy atom. The lowest BCUT2D eigenvalue weighted by Gasteiger charge is -2.26. The van der Waals surface area contributed by atoms with Crippen molar-refractivity contribution in [2.75, 3.05) is 13.7 Å². The Labute approximate surface area is 143 Å². The van der Waals surface area contributed by atoms with Crippen molar-refractivity contribution in [1.82, 2.24) is 0 Å². The molecule has 2 aliphatic rings. The van der Waals surface area contributed by atoms with Crippen molar-refractivity contribution in [2.24, 2.45) is 4.99 Å². The molecule has 1 atom stereocenters. The molecule has 23 heavy (non-hydrogen) atoms. The summed E-state index contributed by atoms with van der Waals surface area (Å²) in [5.41, 5.74) is 2.62. The van der Waals surface area contributed by atoms with Crippen LogP contribution in [0.15, 0.2) is 45.9 Å². The Kier molecular flexibility index (Phi) is 3.34. The normalized spacial score (nSPS) is 21.6. The molecule has 0 saturated carbocycles. The van der Waals surface area contributed by atoms with Gasteiger partial charge in [-0.3, -0.25) is 0 Å². The van der Waals surface area contributed by atoms with Gasteiger partial charge in [0.05, 0.1) is 7.11 Å². The highest BCUT2D eigenvalue weighted by Crippen LogP contribution is 2.47. The highest BCUT2D eigenvalue weighted by Gasteiger charge is 2.44. The summed E-state index contributed by atoms with van der Waals surface area (Å²) in [6.07, 6.45) is 0. The molecule has 2 aromatic rings. The largest absolute Gasteiger partial charge is 0.497 e. The lowest BCUT2D eigenvalue weighted by atomic mass is 9.82. The SMILES string of the molecule is COc1ccc2c(c1)COc1ccc(Br)cc1C21COC(C)=N1. The maximum atomic E-state index is 6.05. The summed E-state index contributed by atoms with van der Waals surface area (Å²) in [7, 11) is 1.67. The number of halogens is 1. The molecule has 0 fully saturated rings. The van der Waals surface area contributed by atoms with Crippen LogP contribution in [-0.2, 0) is 16.9 Å². The van der Waals surface area contributed by atoms with Gasteiger partial charge in [0, 0.05) is 17.0 Å². The van der Waals surface area contributed by atoms with Crippen molar-refractivity contribution in [1.29, 1.82) is 0 Å². The molecular weight excluding hydrogens is 358 g/mol. The molecule has 4 rings (SSSR count). The molecule has 0 bridgehead atoms. The van der Waals surface area contributed by atoms with Gasteiger partial charge in [0.25, 0.3) is 0 Å². The van der Waals surface area contributed by atoms with E-state index < -0.39 is 5.54 Å². The van der Waals surface area contributed by atoms with Gasteiger partial charge in [0.15, 0.2) is 11.4 Å². The third-order valence-corrected chi connectivity index (χ3v) is 4.86. The fourth-order valence-electron chi connectivity index (χ4n) is 3.29. The maximum absolute atomic E-state index is 6.05. The summed E-state index contributed by atoms with van der Waals surface area (Å²) in [5, 5.41) is 0. The molecule has 5 heteroatoms. The fourth-order valence-corrected chi connectivity index (χ4v) is 3.65. The molecule has 0 saturated heterocycles. The lowest BCUT2D eigenvalue weighted by molar-refractivity contribution is 0.276. The number of benzene rings is 2. The summed E-state index contributed by atoms with van der Waals surface area (Å²) in [4.78, 5) is 4.87. The summed E-state index contributed by atoms with van der Waals surface area (Å²) in [5.74, 6) is 2.35. The van der Waals surface area contributed by atoms with Gasteiger partial charge < -0.3 is 14.2 Å². The van der Waals surface area contributed by atoms with E-state index in [4.69, 9.17) is 19.2 Å². The third kappa shape index (κ3) is 2.22. The minimum Gasteiger partial charge on any atom is -0.497 e. The minimum absolute atomic E-state index is 0.477. The minimum atomic E-state index is -0.568. The van der Waals surface area contributed by atoms with Gasteiger partial charge in [-0.15, -0.1) is 0 Å². The molecule has 0 radical (unpaired) electrons. The van der Waals surface area contributed by atoms with E-state index in [9.17, 15) is 0 Å². The Hall–Kier alpha value is -2.01. The topological polar surface area (TPSA) is 40.0 Å². The molecule has 2 aromatic carbocycles. The van der Waals surface area contributed by atoms with Crippen LogP contribution in [-0.4, -0.2) is 19.6 Å². The number of fused-ring (bicyclic) bond motifs is 4. The Morgan fingerprint density at radius 1 is 1.13 bits per heavy atom. The van der Waals surface area contributed by atoms with E-state index in [1.54, 1.807) is 7.11 Å². The fraction of sp³-hybridized carbons (Fsp3) is 0.278. The van der Waals surface area contributed by atoms with Crippen LogP contribution in [0, 0.1) is 0 Å².